The Morgan fingerprint density at radius 3 is 2.04 bits per heavy atom. The zero-order valence-electron chi connectivity index (χ0n) is 15.6. The summed E-state index contributed by atoms with van der Waals surface area (Å²) < 4.78 is 45.8. The second kappa shape index (κ2) is 9.13. The van der Waals surface area contributed by atoms with Gasteiger partial charge >= 0.3 is 0 Å². The Balaban J connectivity index is 2.23. The smallest absolute Gasteiger partial charge is 0.276 e. The topological polar surface area (TPSA) is 95.5 Å². The van der Waals surface area contributed by atoms with Crippen LogP contribution in [0.5, 0.6) is 23.0 Å². The summed E-state index contributed by atoms with van der Waals surface area (Å²) in [5, 5.41) is 3.83. The molecule has 1 N–H and O–H groups in total. The molecule has 2 rings (SSSR count). The van der Waals surface area contributed by atoms with Gasteiger partial charge in [0.25, 0.3) is 10.0 Å². The molecule has 0 aliphatic carbocycles. The number of hydrogen-bond acceptors (Lipinski definition) is 7. The van der Waals surface area contributed by atoms with E-state index < -0.39 is 10.0 Å². The number of rotatable bonds is 9. The maximum Gasteiger partial charge on any atom is 0.276 e. The fourth-order valence-electron chi connectivity index (χ4n) is 2.25. The predicted molar refractivity (Wildman–Crippen MR) is 102 cm³/mol. The molecular formula is C18H22N2O6S. The quantitative estimate of drug-likeness (QED) is 0.518. The van der Waals surface area contributed by atoms with Crippen molar-refractivity contribution in [1.29, 1.82) is 0 Å². The molecule has 0 radical (unpaired) electrons. The van der Waals surface area contributed by atoms with Crippen molar-refractivity contribution in [2.24, 2.45) is 5.10 Å². The molecule has 2 aromatic carbocycles. The highest BCUT2D eigenvalue weighted by molar-refractivity contribution is 7.89. The minimum Gasteiger partial charge on any atom is -0.496 e. The highest BCUT2D eigenvalue weighted by Gasteiger charge is 2.14. The summed E-state index contributed by atoms with van der Waals surface area (Å²) >= 11 is 0. The molecule has 146 valence electrons. The molecule has 8 nitrogen and oxygen atoms in total. The van der Waals surface area contributed by atoms with Crippen molar-refractivity contribution in [1.82, 2.24) is 4.83 Å². The van der Waals surface area contributed by atoms with Crippen LogP contribution in [0.3, 0.4) is 0 Å². The summed E-state index contributed by atoms with van der Waals surface area (Å²) in [6, 6.07) is 9.33. The summed E-state index contributed by atoms with van der Waals surface area (Å²) in [6.07, 6.45) is 1.31. The third-order valence-corrected chi connectivity index (χ3v) is 4.80. The molecule has 0 aliphatic rings. The Bertz CT molecular complexity index is 870. The fourth-order valence-corrected chi connectivity index (χ4v) is 3.05. The number of hydrogen-bond donors (Lipinski definition) is 1. The first kappa shape index (κ1) is 20.4. The number of nitrogens with zero attached hydrogens (tertiary/aromatic N) is 1. The Hall–Kier alpha value is -2.94. The van der Waals surface area contributed by atoms with Crippen LogP contribution in [0.4, 0.5) is 0 Å². The zero-order valence-corrected chi connectivity index (χ0v) is 16.4. The van der Waals surface area contributed by atoms with Gasteiger partial charge in [-0.05, 0) is 31.2 Å². The first-order valence-electron chi connectivity index (χ1n) is 8.03. The lowest BCUT2D eigenvalue weighted by Gasteiger charge is -2.12. The van der Waals surface area contributed by atoms with Gasteiger partial charge in [-0.3, -0.25) is 0 Å². The Morgan fingerprint density at radius 2 is 1.56 bits per heavy atom. The number of methoxy groups -OCH3 is 3. The molecule has 0 saturated carbocycles. The molecule has 0 bridgehead atoms. The highest BCUT2D eigenvalue weighted by Crippen LogP contribution is 2.32. The van der Waals surface area contributed by atoms with Crippen molar-refractivity contribution >= 4 is 16.2 Å². The molecule has 0 spiro atoms. The van der Waals surface area contributed by atoms with Crippen LogP contribution in [0.2, 0.25) is 0 Å². The van der Waals surface area contributed by atoms with Crippen molar-refractivity contribution in [3.63, 3.8) is 0 Å². The minimum absolute atomic E-state index is 0.0664. The van der Waals surface area contributed by atoms with Crippen LogP contribution < -0.4 is 23.8 Å². The molecule has 0 saturated heterocycles. The molecule has 0 atom stereocenters. The summed E-state index contributed by atoms with van der Waals surface area (Å²) in [7, 11) is 0.660. The molecular weight excluding hydrogens is 372 g/mol. The SMILES string of the molecule is CCOc1ccc(S(=O)(=O)NN=Cc2c(OC)cc(OC)cc2OC)cc1. The molecule has 0 unspecified atom stereocenters. The summed E-state index contributed by atoms with van der Waals surface area (Å²) in [5.41, 5.74) is 0.468. The van der Waals surface area contributed by atoms with Crippen LogP contribution in [0, 0.1) is 0 Å². The van der Waals surface area contributed by atoms with E-state index in [4.69, 9.17) is 18.9 Å². The lowest BCUT2D eigenvalue weighted by molar-refractivity contribution is 0.340. The lowest BCUT2D eigenvalue weighted by Crippen LogP contribution is -2.18. The van der Waals surface area contributed by atoms with Crippen LogP contribution in [-0.4, -0.2) is 42.6 Å². The third kappa shape index (κ3) is 5.04. The van der Waals surface area contributed by atoms with E-state index in [-0.39, 0.29) is 4.90 Å². The van der Waals surface area contributed by atoms with E-state index in [2.05, 4.69) is 9.93 Å². The number of benzene rings is 2. The summed E-state index contributed by atoms with van der Waals surface area (Å²) in [4.78, 5) is 2.23. The van der Waals surface area contributed by atoms with Gasteiger partial charge in [0, 0.05) is 12.1 Å². The first-order valence-corrected chi connectivity index (χ1v) is 9.51. The molecule has 0 aromatic heterocycles. The second-order valence-electron chi connectivity index (χ2n) is 5.20. The standard InChI is InChI=1S/C18H22N2O6S/c1-5-26-13-6-8-15(9-7-13)27(21,22)20-19-12-16-17(24-3)10-14(23-2)11-18(16)25-4/h6-12,20H,5H2,1-4H3. The van der Waals surface area contributed by atoms with Gasteiger partial charge in [-0.25, -0.2) is 4.83 Å². The van der Waals surface area contributed by atoms with E-state index in [0.29, 0.717) is 35.2 Å². The molecule has 0 fully saturated rings. The molecule has 0 aliphatic heterocycles. The third-order valence-electron chi connectivity index (χ3n) is 3.56. The van der Waals surface area contributed by atoms with Gasteiger partial charge < -0.3 is 18.9 Å². The largest absolute Gasteiger partial charge is 0.496 e. The number of ether oxygens (including phenoxy) is 4. The molecule has 2 aromatic rings. The summed E-state index contributed by atoms with van der Waals surface area (Å²) in [5.74, 6) is 1.98. The van der Waals surface area contributed by atoms with Crippen LogP contribution >= 0.6 is 0 Å². The van der Waals surface area contributed by atoms with Crippen molar-refractivity contribution in [2.75, 3.05) is 27.9 Å². The second-order valence-corrected chi connectivity index (χ2v) is 6.86. The van der Waals surface area contributed by atoms with Crippen molar-refractivity contribution in [3.05, 3.63) is 42.0 Å². The number of hydrazone groups is 1. The van der Waals surface area contributed by atoms with Gasteiger partial charge in [-0.1, -0.05) is 0 Å². The summed E-state index contributed by atoms with van der Waals surface area (Å²) in [6.45, 7) is 2.35. The van der Waals surface area contributed by atoms with Gasteiger partial charge in [0.1, 0.15) is 23.0 Å². The van der Waals surface area contributed by atoms with E-state index >= 15 is 0 Å². The van der Waals surface area contributed by atoms with E-state index in [0.717, 1.165) is 0 Å². The van der Waals surface area contributed by atoms with E-state index in [1.165, 1.54) is 39.7 Å². The Morgan fingerprint density at radius 1 is 0.963 bits per heavy atom. The van der Waals surface area contributed by atoms with Gasteiger partial charge in [0.15, 0.2) is 0 Å². The van der Waals surface area contributed by atoms with Crippen molar-refractivity contribution in [3.8, 4) is 23.0 Å². The molecule has 9 heteroatoms. The van der Waals surface area contributed by atoms with Gasteiger partial charge in [0.05, 0.1) is 44.6 Å². The number of nitrogens with one attached hydrogen (secondary N) is 1. The van der Waals surface area contributed by atoms with Gasteiger partial charge in [-0.2, -0.15) is 13.5 Å². The van der Waals surface area contributed by atoms with E-state index in [9.17, 15) is 8.42 Å². The van der Waals surface area contributed by atoms with Gasteiger partial charge in [-0.15, -0.1) is 0 Å². The Labute approximate surface area is 158 Å². The maximum atomic E-state index is 12.4. The molecule has 27 heavy (non-hydrogen) atoms. The number of sulfonamides is 1. The van der Waals surface area contributed by atoms with Crippen molar-refractivity contribution in [2.45, 2.75) is 11.8 Å². The van der Waals surface area contributed by atoms with Crippen LogP contribution in [0.15, 0.2) is 46.4 Å². The fraction of sp³-hybridized carbons (Fsp3) is 0.278. The Kier molecular flexibility index (Phi) is 6.89. The highest BCUT2D eigenvalue weighted by atomic mass is 32.2. The predicted octanol–water partition coefficient (Wildman–Crippen LogP) is 2.42. The van der Waals surface area contributed by atoms with Crippen LogP contribution in [-0.2, 0) is 10.0 Å². The van der Waals surface area contributed by atoms with Crippen LogP contribution in [0.1, 0.15) is 12.5 Å². The average Bonchev–Trinajstić information content (AvgIpc) is 2.68. The maximum absolute atomic E-state index is 12.4. The minimum atomic E-state index is -3.82. The van der Waals surface area contributed by atoms with Crippen LogP contribution in [0.25, 0.3) is 0 Å². The van der Waals surface area contributed by atoms with Crippen molar-refractivity contribution < 1.29 is 27.4 Å². The average molecular weight is 394 g/mol. The first-order chi connectivity index (χ1) is 12.9. The zero-order chi connectivity index (χ0) is 19.9. The molecule has 0 heterocycles. The lowest BCUT2D eigenvalue weighted by atomic mass is 10.2. The van der Waals surface area contributed by atoms with E-state index in [1.54, 1.807) is 24.3 Å². The van der Waals surface area contributed by atoms with E-state index in [1.807, 2.05) is 6.92 Å². The van der Waals surface area contributed by atoms with Gasteiger partial charge in [0.2, 0.25) is 0 Å². The monoisotopic (exact) mass is 394 g/mol. The molecule has 0 amide bonds. The normalized spacial score (nSPS) is 11.3.